The summed E-state index contributed by atoms with van der Waals surface area (Å²) >= 11 is 3.42. The Hall–Kier alpha value is -0.580. The van der Waals surface area contributed by atoms with Gasteiger partial charge in [0.25, 0.3) is 0 Å². The molecule has 1 aliphatic heterocycles. The third-order valence-electron chi connectivity index (χ3n) is 2.97. The largest absolute Gasteiger partial charge is 0.340 e. The lowest BCUT2D eigenvalue weighted by atomic mass is 10.1. The molecule has 1 aromatic carbocycles. The van der Waals surface area contributed by atoms with Crippen LogP contribution in [0.3, 0.4) is 0 Å². The quantitative estimate of drug-likeness (QED) is 0.900. The molecule has 1 amide bonds. The van der Waals surface area contributed by atoms with Crippen molar-refractivity contribution < 1.29 is 4.79 Å². The van der Waals surface area contributed by atoms with E-state index in [1.54, 1.807) is 0 Å². The van der Waals surface area contributed by atoms with Crippen LogP contribution >= 0.6 is 28.3 Å². The van der Waals surface area contributed by atoms with E-state index in [9.17, 15) is 4.79 Å². The van der Waals surface area contributed by atoms with Crippen molar-refractivity contribution in [2.75, 3.05) is 19.6 Å². The number of halogens is 2. The van der Waals surface area contributed by atoms with Crippen molar-refractivity contribution >= 4 is 34.2 Å². The van der Waals surface area contributed by atoms with Crippen molar-refractivity contribution in [3.05, 3.63) is 34.3 Å². The highest BCUT2D eigenvalue weighted by Gasteiger charge is 2.20. The highest BCUT2D eigenvalue weighted by Crippen LogP contribution is 2.13. The molecule has 100 valence electrons. The van der Waals surface area contributed by atoms with E-state index in [4.69, 9.17) is 0 Å². The fourth-order valence-electron chi connectivity index (χ4n) is 2.09. The average Bonchev–Trinajstić information content (AvgIpc) is 2.29. The van der Waals surface area contributed by atoms with Crippen LogP contribution in [-0.2, 0) is 11.2 Å². The lowest BCUT2D eigenvalue weighted by Crippen LogP contribution is -2.51. The Labute approximate surface area is 122 Å². The lowest BCUT2D eigenvalue weighted by Gasteiger charge is -2.32. The number of nitrogens with one attached hydrogen (secondary N) is 1. The van der Waals surface area contributed by atoms with Gasteiger partial charge in [0.05, 0.1) is 6.42 Å². The zero-order valence-corrected chi connectivity index (χ0v) is 12.8. The fourth-order valence-corrected chi connectivity index (χ4v) is 2.54. The summed E-state index contributed by atoms with van der Waals surface area (Å²) in [5.74, 6) is 0.219. The summed E-state index contributed by atoms with van der Waals surface area (Å²) in [7, 11) is 0. The first-order chi connectivity index (χ1) is 8.15. The second-order valence-corrected chi connectivity index (χ2v) is 5.42. The van der Waals surface area contributed by atoms with Gasteiger partial charge < -0.3 is 10.2 Å². The highest BCUT2D eigenvalue weighted by molar-refractivity contribution is 9.10. The Morgan fingerprint density at radius 1 is 1.56 bits per heavy atom. The highest BCUT2D eigenvalue weighted by atomic mass is 79.9. The van der Waals surface area contributed by atoms with E-state index in [0.29, 0.717) is 12.5 Å². The molecule has 1 aliphatic rings. The number of carbonyl (C=O) groups excluding carboxylic acids is 1. The predicted molar refractivity (Wildman–Crippen MR) is 79.1 cm³/mol. The maximum atomic E-state index is 12.1. The molecule has 3 nitrogen and oxygen atoms in total. The minimum absolute atomic E-state index is 0. The first-order valence-corrected chi connectivity index (χ1v) is 6.70. The van der Waals surface area contributed by atoms with Gasteiger partial charge in [-0.3, -0.25) is 4.79 Å². The zero-order chi connectivity index (χ0) is 12.3. The number of piperazine rings is 1. The first kappa shape index (κ1) is 15.5. The second-order valence-electron chi connectivity index (χ2n) is 4.50. The van der Waals surface area contributed by atoms with E-state index in [0.717, 1.165) is 29.7 Å². The molecule has 1 unspecified atom stereocenters. The molecule has 1 atom stereocenters. The van der Waals surface area contributed by atoms with Crippen LogP contribution in [0, 0.1) is 0 Å². The Kier molecular flexibility index (Phi) is 6.12. The molecule has 1 aromatic rings. The molecule has 0 radical (unpaired) electrons. The van der Waals surface area contributed by atoms with E-state index >= 15 is 0 Å². The minimum Gasteiger partial charge on any atom is -0.340 e. The van der Waals surface area contributed by atoms with Crippen LogP contribution in [0.4, 0.5) is 0 Å². The average molecular weight is 334 g/mol. The summed E-state index contributed by atoms with van der Waals surface area (Å²) < 4.78 is 1.02. The number of benzene rings is 1. The molecule has 18 heavy (non-hydrogen) atoms. The molecule has 0 saturated carbocycles. The fraction of sp³-hybridized carbons (Fsp3) is 0.462. The molecule has 0 bridgehead atoms. The molecule has 1 N–H and O–H groups in total. The Balaban J connectivity index is 0.00000162. The van der Waals surface area contributed by atoms with Gasteiger partial charge in [0.2, 0.25) is 5.91 Å². The first-order valence-electron chi connectivity index (χ1n) is 5.91. The van der Waals surface area contributed by atoms with Crippen LogP contribution in [0.1, 0.15) is 12.5 Å². The van der Waals surface area contributed by atoms with Gasteiger partial charge in [0, 0.05) is 30.1 Å². The molecular weight excluding hydrogens is 316 g/mol. The third-order valence-corrected chi connectivity index (χ3v) is 3.46. The summed E-state index contributed by atoms with van der Waals surface area (Å²) in [5.41, 5.74) is 1.07. The van der Waals surface area contributed by atoms with E-state index in [1.807, 2.05) is 29.2 Å². The third kappa shape index (κ3) is 4.26. The van der Waals surface area contributed by atoms with E-state index in [-0.39, 0.29) is 18.3 Å². The second kappa shape index (κ2) is 7.12. The van der Waals surface area contributed by atoms with Crippen molar-refractivity contribution in [1.82, 2.24) is 10.2 Å². The zero-order valence-electron chi connectivity index (χ0n) is 10.4. The molecule has 1 saturated heterocycles. The van der Waals surface area contributed by atoms with Crippen molar-refractivity contribution in [2.45, 2.75) is 19.4 Å². The van der Waals surface area contributed by atoms with Crippen molar-refractivity contribution in [1.29, 1.82) is 0 Å². The van der Waals surface area contributed by atoms with Gasteiger partial charge in [0.15, 0.2) is 0 Å². The minimum atomic E-state index is 0. The van der Waals surface area contributed by atoms with Crippen LogP contribution in [0.25, 0.3) is 0 Å². The molecule has 1 fully saturated rings. The summed E-state index contributed by atoms with van der Waals surface area (Å²) in [6, 6.07) is 8.33. The summed E-state index contributed by atoms with van der Waals surface area (Å²) in [6.07, 6.45) is 0.492. The number of nitrogens with zero attached hydrogens (tertiary/aromatic N) is 1. The van der Waals surface area contributed by atoms with E-state index in [1.165, 1.54) is 0 Å². The molecule has 2 rings (SSSR count). The number of carbonyl (C=O) groups is 1. The summed E-state index contributed by atoms with van der Waals surface area (Å²) in [5, 5.41) is 3.34. The van der Waals surface area contributed by atoms with Gasteiger partial charge >= 0.3 is 0 Å². The van der Waals surface area contributed by atoms with Crippen LogP contribution < -0.4 is 5.32 Å². The van der Waals surface area contributed by atoms with E-state index < -0.39 is 0 Å². The summed E-state index contributed by atoms with van der Waals surface area (Å²) in [4.78, 5) is 14.1. The SMILES string of the molecule is CC1CN(C(=O)Cc2cccc(Br)c2)CCN1.Cl. The Bertz CT molecular complexity index is 414. The van der Waals surface area contributed by atoms with Gasteiger partial charge in [-0.1, -0.05) is 28.1 Å². The molecule has 0 aliphatic carbocycles. The predicted octanol–water partition coefficient (Wildman–Crippen LogP) is 2.23. The van der Waals surface area contributed by atoms with Gasteiger partial charge in [-0.15, -0.1) is 12.4 Å². The molecule has 1 heterocycles. The monoisotopic (exact) mass is 332 g/mol. The summed E-state index contributed by atoms with van der Waals surface area (Å²) in [6.45, 7) is 4.63. The number of hydrogen-bond acceptors (Lipinski definition) is 2. The maximum absolute atomic E-state index is 12.1. The normalized spacial score (nSPS) is 19.2. The number of hydrogen-bond donors (Lipinski definition) is 1. The van der Waals surface area contributed by atoms with Crippen LogP contribution in [0.2, 0.25) is 0 Å². The molecule has 0 spiro atoms. The molecular formula is C13H18BrClN2O. The van der Waals surface area contributed by atoms with Crippen LogP contribution in [-0.4, -0.2) is 36.5 Å². The van der Waals surface area contributed by atoms with Crippen molar-refractivity contribution in [3.8, 4) is 0 Å². The van der Waals surface area contributed by atoms with Gasteiger partial charge in [-0.05, 0) is 24.6 Å². The van der Waals surface area contributed by atoms with Crippen molar-refractivity contribution in [2.24, 2.45) is 0 Å². The smallest absolute Gasteiger partial charge is 0.227 e. The number of amides is 1. The van der Waals surface area contributed by atoms with Gasteiger partial charge in [0.1, 0.15) is 0 Å². The lowest BCUT2D eigenvalue weighted by molar-refractivity contribution is -0.131. The Morgan fingerprint density at radius 3 is 3.00 bits per heavy atom. The Morgan fingerprint density at radius 2 is 2.33 bits per heavy atom. The van der Waals surface area contributed by atoms with Crippen LogP contribution in [0.5, 0.6) is 0 Å². The van der Waals surface area contributed by atoms with Gasteiger partial charge in [-0.2, -0.15) is 0 Å². The topological polar surface area (TPSA) is 32.3 Å². The van der Waals surface area contributed by atoms with Gasteiger partial charge in [-0.25, -0.2) is 0 Å². The maximum Gasteiger partial charge on any atom is 0.227 e. The van der Waals surface area contributed by atoms with E-state index in [2.05, 4.69) is 28.2 Å². The standard InChI is InChI=1S/C13H17BrN2O.ClH/c1-10-9-16(6-5-15-10)13(17)8-11-3-2-4-12(14)7-11;/h2-4,7,10,15H,5-6,8-9H2,1H3;1H. The number of rotatable bonds is 2. The van der Waals surface area contributed by atoms with Crippen LogP contribution in [0.15, 0.2) is 28.7 Å². The molecule has 5 heteroatoms. The van der Waals surface area contributed by atoms with Crippen molar-refractivity contribution in [3.63, 3.8) is 0 Å². The molecule has 0 aromatic heterocycles.